The first-order valence-corrected chi connectivity index (χ1v) is 6.67. The summed E-state index contributed by atoms with van der Waals surface area (Å²) in [5.74, 6) is 0. The summed E-state index contributed by atoms with van der Waals surface area (Å²) >= 11 is 0. The Morgan fingerprint density at radius 2 is 0.842 bits per heavy atom. The predicted molar refractivity (Wildman–Crippen MR) is 77.9 cm³/mol. The van der Waals surface area contributed by atoms with E-state index < -0.39 is 16.6 Å². The fourth-order valence-electron chi connectivity index (χ4n) is 2.19. The minimum absolute atomic E-state index is 0.250. The molecule has 1 heterocycles. The lowest BCUT2D eigenvalue weighted by Crippen LogP contribution is -2.44. The first-order valence-electron chi connectivity index (χ1n) is 6.67. The van der Waals surface area contributed by atoms with Gasteiger partial charge in [-0.1, -0.05) is 0 Å². The average molecular weight is 269 g/mol. The van der Waals surface area contributed by atoms with Gasteiger partial charge in [-0.15, -0.1) is 0 Å². The molecular formula is C14H27N3O2. The highest BCUT2D eigenvalue weighted by molar-refractivity contribution is 4.91. The molecule has 0 aliphatic heterocycles. The van der Waals surface area contributed by atoms with E-state index in [1.165, 1.54) is 4.57 Å². The summed E-state index contributed by atoms with van der Waals surface area (Å²) in [6.07, 6.45) is 0. The van der Waals surface area contributed by atoms with Crippen LogP contribution in [0.15, 0.2) is 9.59 Å². The van der Waals surface area contributed by atoms with Crippen molar-refractivity contribution in [1.29, 1.82) is 0 Å². The van der Waals surface area contributed by atoms with Crippen LogP contribution < -0.4 is 11.4 Å². The number of hydrogen-bond acceptors (Lipinski definition) is 2. The van der Waals surface area contributed by atoms with Gasteiger partial charge in [0.2, 0.25) is 0 Å². The van der Waals surface area contributed by atoms with Crippen LogP contribution in [0.5, 0.6) is 0 Å². The van der Waals surface area contributed by atoms with Crippen LogP contribution in [0, 0.1) is 0 Å². The third-order valence-corrected chi connectivity index (χ3v) is 2.89. The highest BCUT2D eigenvalue weighted by Crippen LogP contribution is 2.18. The molecule has 0 N–H and O–H groups in total. The fourth-order valence-corrected chi connectivity index (χ4v) is 2.19. The van der Waals surface area contributed by atoms with Gasteiger partial charge in [-0.25, -0.2) is 23.5 Å². The smallest absolute Gasteiger partial charge is 0.246 e. The van der Waals surface area contributed by atoms with Crippen molar-refractivity contribution in [2.75, 3.05) is 0 Å². The Labute approximate surface area is 114 Å². The van der Waals surface area contributed by atoms with Crippen molar-refractivity contribution < 1.29 is 0 Å². The molecule has 0 aliphatic rings. The Morgan fingerprint density at radius 1 is 0.579 bits per heavy atom. The van der Waals surface area contributed by atoms with Crippen molar-refractivity contribution in [3.8, 4) is 0 Å². The lowest BCUT2D eigenvalue weighted by molar-refractivity contribution is 0.207. The molecule has 0 aliphatic carbocycles. The summed E-state index contributed by atoms with van der Waals surface area (Å²) in [7, 11) is 0. The molecule has 110 valence electrons. The molecule has 0 bridgehead atoms. The van der Waals surface area contributed by atoms with Gasteiger partial charge in [0.05, 0.1) is 11.1 Å². The SMILES string of the molecule is CC(C)(C)n1c(=O)n(C(C)(C)C)n(C(C)(C)C)c1=O. The zero-order valence-electron chi connectivity index (χ0n) is 13.7. The molecule has 0 fully saturated rings. The van der Waals surface area contributed by atoms with Crippen LogP contribution in [0.4, 0.5) is 0 Å². The number of aromatic nitrogens is 3. The van der Waals surface area contributed by atoms with Crippen molar-refractivity contribution in [2.24, 2.45) is 0 Å². The van der Waals surface area contributed by atoms with Gasteiger partial charge in [0.25, 0.3) is 0 Å². The first kappa shape index (κ1) is 15.8. The second-order valence-electron chi connectivity index (χ2n) is 8.04. The minimum atomic E-state index is -0.530. The molecule has 5 nitrogen and oxygen atoms in total. The average Bonchev–Trinajstić information content (AvgIpc) is 2.33. The quantitative estimate of drug-likeness (QED) is 0.724. The normalized spacial score (nSPS) is 13.9. The van der Waals surface area contributed by atoms with Gasteiger partial charge in [-0.3, -0.25) is 0 Å². The molecule has 0 amide bonds. The maximum atomic E-state index is 12.7. The van der Waals surface area contributed by atoms with Crippen LogP contribution in [-0.2, 0) is 16.6 Å². The van der Waals surface area contributed by atoms with E-state index in [2.05, 4.69) is 0 Å². The summed E-state index contributed by atoms with van der Waals surface area (Å²) in [5, 5.41) is 0. The topological polar surface area (TPSA) is 48.9 Å². The number of hydrogen-bond donors (Lipinski definition) is 0. The monoisotopic (exact) mass is 269 g/mol. The summed E-state index contributed by atoms with van der Waals surface area (Å²) < 4.78 is 4.48. The molecule has 0 aromatic carbocycles. The molecule has 0 unspecified atom stereocenters. The fraction of sp³-hybridized carbons (Fsp3) is 0.857. The third-order valence-electron chi connectivity index (χ3n) is 2.89. The molecule has 5 heteroatoms. The molecule has 1 aromatic rings. The molecule has 1 aromatic heterocycles. The molecule has 0 radical (unpaired) electrons. The van der Waals surface area contributed by atoms with Crippen molar-refractivity contribution in [3.63, 3.8) is 0 Å². The van der Waals surface area contributed by atoms with E-state index in [4.69, 9.17) is 0 Å². The van der Waals surface area contributed by atoms with Gasteiger partial charge in [0.15, 0.2) is 0 Å². The van der Waals surface area contributed by atoms with Gasteiger partial charge in [-0.2, -0.15) is 0 Å². The van der Waals surface area contributed by atoms with E-state index in [1.807, 2.05) is 62.3 Å². The summed E-state index contributed by atoms with van der Waals surface area (Å²) in [6, 6.07) is 0. The van der Waals surface area contributed by atoms with E-state index in [0.717, 1.165) is 0 Å². The Hall–Kier alpha value is -1.26. The van der Waals surface area contributed by atoms with E-state index >= 15 is 0 Å². The molecular weight excluding hydrogens is 242 g/mol. The van der Waals surface area contributed by atoms with Crippen molar-refractivity contribution in [3.05, 3.63) is 21.0 Å². The molecule has 1 rings (SSSR count). The van der Waals surface area contributed by atoms with Gasteiger partial charge < -0.3 is 0 Å². The van der Waals surface area contributed by atoms with Gasteiger partial charge >= 0.3 is 11.4 Å². The van der Waals surface area contributed by atoms with E-state index in [1.54, 1.807) is 9.36 Å². The van der Waals surface area contributed by atoms with Crippen molar-refractivity contribution >= 4 is 0 Å². The maximum Gasteiger partial charge on any atom is 0.348 e. The number of nitrogens with zero attached hydrogens (tertiary/aromatic N) is 3. The standard InChI is InChI=1S/C14H27N3O2/c1-12(2,3)15-10(18)16(13(4,5)6)17(11(15)19)14(7,8)9/h1-9H3. The maximum absolute atomic E-state index is 12.7. The number of rotatable bonds is 0. The molecule has 0 atom stereocenters. The van der Waals surface area contributed by atoms with Crippen molar-refractivity contribution in [2.45, 2.75) is 78.9 Å². The molecule has 19 heavy (non-hydrogen) atoms. The predicted octanol–water partition coefficient (Wildman–Crippen LogP) is 2.08. The van der Waals surface area contributed by atoms with Crippen LogP contribution in [0.1, 0.15) is 62.3 Å². The largest absolute Gasteiger partial charge is 0.348 e. The Kier molecular flexibility index (Phi) is 3.42. The van der Waals surface area contributed by atoms with E-state index in [-0.39, 0.29) is 11.4 Å². The van der Waals surface area contributed by atoms with Crippen LogP contribution in [0.2, 0.25) is 0 Å². The minimum Gasteiger partial charge on any atom is -0.246 e. The summed E-state index contributed by atoms with van der Waals surface area (Å²) in [4.78, 5) is 25.3. The second-order valence-corrected chi connectivity index (χ2v) is 8.04. The highest BCUT2D eigenvalue weighted by atomic mass is 16.2. The molecule has 0 spiro atoms. The first-order chi connectivity index (χ1) is 8.19. The van der Waals surface area contributed by atoms with Crippen LogP contribution in [0.25, 0.3) is 0 Å². The van der Waals surface area contributed by atoms with Gasteiger partial charge in [0, 0.05) is 5.54 Å². The summed E-state index contributed by atoms with van der Waals surface area (Å²) in [6.45, 7) is 17.2. The Morgan fingerprint density at radius 3 is 1.00 bits per heavy atom. The van der Waals surface area contributed by atoms with Gasteiger partial charge in [-0.05, 0) is 62.3 Å². The van der Waals surface area contributed by atoms with E-state index in [9.17, 15) is 9.59 Å². The Balaban J connectivity index is 3.95. The van der Waals surface area contributed by atoms with Crippen LogP contribution in [-0.4, -0.2) is 13.9 Å². The Bertz CT molecular complexity index is 535. The zero-order chi connectivity index (χ0) is 15.4. The second kappa shape index (κ2) is 4.12. The van der Waals surface area contributed by atoms with E-state index in [0.29, 0.717) is 0 Å². The molecule has 0 saturated carbocycles. The van der Waals surface area contributed by atoms with Crippen molar-refractivity contribution in [1.82, 2.24) is 13.9 Å². The lowest BCUT2D eigenvalue weighted by Gasteiger charge is -2.29. The van der Waals surface area contributed by atoms with Gasteiger partial charge in [0.1, 0.15) is 0 Å². The summed E-state index contributed by atoms with van der Waals surface area (Å²) in [5.41, 5.74) is -1.92. The zero-order valence-corrected chi connectivity index (χ0v) is 13.7. The highest BCUT2D eigenvalue weighted by Gasteiger charge is 2.33. The molecule has 0 saturated heterocycles. The van der Waals surface area contributed by atoms with Crippen LogP contribution >= 0.6 is 0 Å². The lowest BCUT2D eigenvalue weighted by atomic mass is 10.1. The third kappa shape index (κ3) is 2.69. The van der Waals surface area contributed by atoms with Crippen LogP contribution in [0.3, 0.4) is 0 Å².